The van der Waals surface area contributed by atoms with E-state index in [1.54, 1.807) is 6.07 Å². The number of hydrogen-bond donors (Lipinski definition) is 1. The molecule has 6 heteroatoms. The molecule has 0 atom stereocenters. The van der Waals surface area contributed by atoms with Crippen molar-refractivity contribution in [3.05, 3.63) is 64.0 Å². The van der Waals surface area contributed by atoms with Crippen LogP contribution in [0.2, 0.25) is 0 Å². The first-order valence-corrected chi connectivity index (χ1v) is 5.43. The smallest absolute Gasteiger partial charge is 0.311 e. The average Bonchev–Trinajstić information content (AvgIpc) is 2.39. The van der Waals surface area contributed by atoms with Crippen LogP contribution in [-0.4, -0.2) is 10.0 Å². The summed E-state index contributed by atoms with van der Waals surface area (Å²) < 4.78 is 18.8. The van der Waals surface area contributed by atoms with E-state index < -0.39 is 17.3 Å². The Labute approximate surface area is 108 Å². The topological polar surface area (TPSA) is 72.6 Å². The van der Waals surface area contributed by atoms with E-state index in [0.29, 0.717) is 0 Å². The van der Waals surface area contributed by atoms with Crippen LogP contribution < -0.4 is 4.74 Å². The quantitative estimate of drug-likeness (QED) is 0.679. The van der Waals surface area contributed by atoms with Crippen LogP contribution in [0.4, 0.5) is 10.1 Å². The maximum Gasteiger partial charge on any atom is 0.311 e. The number of para-hydroxylation sites is 2. The Hall–Kier alpha value is -2.47. The molecule has 0 bridgehead atoms. The number of aliphatic hydroxyl groups is 1. The van der Waals surface area contributed by atoms with Gasteiger partial charge in [-0.15, -0.1) is 0 Å². The number of nitrogens with zero attached hydrogens (tertiary/aromatic N) is 1. The molecule has 98 valence electrons. The summed E-state index contributed by atoms with van der Waals surface area (Å²) in [6, 6.07) is 9.78. The summed E-state index contributed by atoms with van der Waals surface area (Å²) in [4.78, 5) is 10.2. The van der Waals surface area contributed by atoms with E-state index in [-0.39, 0.29) is 22.7 Å². The van der Waals surface area contributed by atoms with Crippen LogP contribution in [0.3, 0.4) is 0 Å². The van der Waals surface area contributed by atoms with Crippen LogP contribution >= 0.6 is 0 Å². The highest BCUT2D eigenvalue weighted by Crippen LogP contribution is 2.33. The monoisotopic (exact) mass is 263 g/mol. The predicted molar refractivity (Wildman–Crippen MR) is 65.5 cm³/mol. The summed E-state index contributed by atoms with van der Waals surface area (Å²) in [6.45, 7) is -0.553. The molecular formula is C13H10FNO4. The van der Waals surface area contributed by atoms with Gasteiger partial charge in [-0.2, -0.15) is 0 Å². The van der Waals surface area contributed by atoms with Gasteiger partial charge in [0.15, 0.2) is 0 Å². The van der Waals surface area contributed by atoms with Gasteiger partial charge in [-0.3, -0.25) is 10.1 Å². The van der Waals surface area contributed by atoms with Crippen LogP contribution in [0, 0.1) is 15.9 Å². The number of rotatable bonds is 4. The lowest BCUT2D eigenvalue weighted by atomic mass is 10.2. The maximum absolute atomic E-state index is 13.4. The van der Waals surface area contributed by atoms with Gasteiger partial charge in [0.1, 0.15) is 11.6 Å². The zero-order chi connectivity index (χ0) is 13.8. The Balaban J connectivity index is 2.42. The minimum Gasteiger partial charge on any atom is -0.450 e. The van der Waals surface area contributed by atoms with E-state index in [9.17, 15) is 14.5 Å². The predicted octanol–water partition coefficient (Wildman–Crippen LogP) is 3.02. The summed E-state index contributed by atoms with van der Waals surface area (Å²) >= 11 is 0. The molecule has 0 heterocycles. The van der Waals surface area contributed by atoms with Crippen LogP contribution in [-0.2, 0) is 6.61 Å². The van der Waals surface area contributed by atoms with Gasteiger partial charge in [0.2, 0.25) is 5.75 Å². The highest BCUT2D eigenvalue weighted by molar-refractivity contribution is 5.49. The molecule has 5 nitrogen and oxygen atoms in total. The molecule has 0 unspecified atom stereocenters. The highest BCUT2D eigenvalue weighted by atomic mass is 19.1. The fourth-order valence-corrected chi connectivity index (χ4v) is 1.60. The molecule has 2 rings (SSSR count). The lowest BCUT2D eigenvalue weighted by Gasteiger charge is -2.10. The third kappa shape index (κ3) is 2.69. The molecule has 19 heavy (non-hydrogen) atoms. The average molecular weight is 263 g/mol. The van der Waals surface area contributed by atoms with E-state index in [0.717, 1.165) is 0 Å². The normalized spacial score (nSPS) is 10.2. The third-order valence-corrected chi connectivity index (χ3v) is 2.52. The van der Waals surface area contributed by atoms with Crippen LogP contribution in [0.15, 0.2) is 42.5 Å². The Morgan fingerprint density at radius 3 is 2.53 bits per heavy atom. The fourth-order valence-electron chi connectivity index (χ4n) is 1.60. The Bertz CT molecular complexity index is 615. The second-order valence-corrected chi connectivity index (χ2v) is 3.70. The van der Waals surface area contributed by atoms with Crippen molar-refractivity contribution in [3.8, 4) is 11.5 Å². The van der Waals surface area contributed by atoms with Gasteiger partial charge in [-0.1, -0.05) is 18.2 Å². The largest absolute Gasteiger partial charge is 0.450 e. The zero-order valence-electron chi connectivity index (χ0n) is 9.75. The maximum atomic E-state index is 13.4. The molecule has 2 aromatic rings. The first-order chi connectivity index (χ1) is 9.13. The van der Waals surface area contributed by atoms with Gasteiger partial charge in [-0.25, -0.2) is 4.39 Å². The van der Waals surface area contributed by atoms with Gasteiger partial charge >= 0.3 is 5.69 Å². The van der Waals surface area contributed by atoms with Gasteiger partial charge in [0, 0.05) is 6.07 Å². The minimum absolute atomic E-state index is 0.00667. The summed E-state index contributed by atoms with van der Waals surface area (Å²) in [7, 11) is 0. The van der Waals surface area contributed by atoms with Gasteiger partial charge in [0.05, 0.1) is 17.1 Å². The van der Waals surface area contributed by atoms with Gasteiger partial charge in [-0.05, 0) is 18.2 Å². The fraction of sp³-hybridized carbons (Fsp3) is 0.0769. The van der Waals surface area contributed by atoms with E-state index in [1.165, 1.54) is 36.4 Å². The summed E-state index contributed by atoms with van der Waals surface area (Å²) in [5.74, 6) is -0.580. The zero-order valence-corrected chi connectivity index (χ0v) is 9.75. The molecule has 0 aliphatic rings. The van der Waals surface area contributed by atoms with E-state index in [2.05, 4.69) is 0 Å². The van der Waals surface area contributed by atoms with Crippen molar-refractivity contribution < 1.29 is 19.2 Å². The first kappa shape index (κ1) is 13.0. The van der Waals surface area contributed by atoms with Crippen molar-refractivity contribution in [2.24, 2.45) is 0 Å². The second kappa shape index (κ2) is 5.45. The van der Waals surface area contributed by atoms with Crippen LogP contribution in [0.25, 0.3) is 0 Å². The third-order valence-electron chi connectivity index (χ3n) is 2.52. The van der Waals surface area contributed by atoms with Gasteiger partial charge < -0.3 is 9.84 Å². The number of ether oxygens (including phenoxy) is 1. The summed E-state index contributed by atoms with van der Waals surface area (Å²) in [5.41, 5.74) is -0.267. The van der Waals surface area contributed by atoms with Crippen molar-refractivity contribution in [1.29, 1.82) is 0 Å². The Morgan fingerprint density at radius 2 is 1.84 bits per heavy atom. The first-order valence-electron chi connectivity index (χ1n) is 5.43. The number of nitro groups is 1. The second-order valence-electron chi connectivity index (χ2n) is 3.70. The molecular weight excluding hydrogens is 253 g/mol. The molecule has 0 amide bonds. The lowest BCUT2D eigenvalue weighted by molar-refractivity contribution is -0.385. The van der Waals surface area contributed by atoms with Crippen LogP contribution in [0.5, 0.6) is 11.5 Å². The molecule has 1 N–H and O–H groups in total. The SMILES string of the molecule is O=[N+]([O-])c1ccccc1Oc1cccc(F)c1CO. The molecule has 0 aliphatic carbocycles. The number of nitro benzene ring substituents is 1. The standard InChI is InChI=1S/C13H10FNO4/c14-10-4-3-7-12(9(10)8-16)19-13-6-2-1-5-11(13)15(17)18/h1-7,16H,8H2. The molecule has 0 aliphatic heterocycles. The Kier molecular flexibility index (Phi) is 3.72. The molecule has 0 saturated carbocycles. The molecule has 0 fully saturated rings. The number of aliphatic hydroxyl groups excluding tert-OH is 1. The van der Waals surface area contributed by atoms with Crippen molar-refractivity contribution >= 4 is 5.69 Å². The molecule has 0 saturated heterocycles. The number of hydrogen-bond acceptors (Lipinski definition) is 4. The summed E-state index contributed by atoms with van der Waals surface area (Å²) in [6.07, 6.45) is 0. The van der Waals surface area contributed by atoms with Crippen molar-refractivity contribution in [2.45, 2.75) is 6.61 Å². The highest BCUT2D eigenvalue weighted by Gasteiger charge is 2.17. The van der Waals surface area contributed by atoms with Crippen molar-refractivity contribution in [3.63, 3.8) is 0 Å². The Morgan fingerprint density at radius 1 is 1.16 bits per heavy atom. The summed E-state index contributed by atoms with van der Waals surface area (Å²) in [5, 5.41) is 19.9. The van der Waals surface area contributed by atoms with Crippen molar-refractivity contribution in [2.75, 3.05) is 0 Å². The number of benzene rings is 2. The van der Waals surface area contributed by atoms with E-state index in [4.69, 9.17) is 9.84 Å². The molecule has 0 radical (unpaired) electrons. The van der Waals surface area contributed by atoms with Gasteiger partial charge in [0.25, 0.3) is 0 Å². The van der Waals surface area contributed by atoms with Crippen LogP contribution in [0.1, 0.15) is 5.56 Å². The molecule has 0 aromatic heterocycles. The molecule has 0 spiro atoms. The minimum atomic E-state index is -0.626. The van der Waals surface area contributed by atoms with E-state index >= 15 is 0 Å². The van der Waals surface area contributed by atoms with Crippen molar-refractivity contribution in [1.82, 2.24) is 0 Å². The lowest BCUT2D eigenvalue weighted by Crippen LogP contribution is -1.97. The number of halogens is 1. The van der Waals surface area contributed by atoms with E-state index in [1.807, 2.05) is 0 Å². The molecule has 2 aromatic carbocycles.